The first-order valence-corrected chi connectivity index (χ1v) is 7.26. The normalized spacial score (nSPS) is 11.2. The van der Waals surface area contributed by atoms with E-state index in [4.69, 9.17) is 9.47 Å². The third-order valence-corrected chi connectivity index (χ3v) is 3.51. The summed E-state index contributed by atoms with van der Waals surface area (Å²) >= 11 is 0. The first-order valence-electron chi connectivity index (χ1n) is 7.26. The smallest absolute Gasteiger partial charge is 0.172 e. The second kappa shape index (κ2) is 7.12. The average molecular weight is 300 g/mol. The van der Waals surface area contributed by atoms with Crippen molar-refractivity contribution >= 4 is 12.2 Å². The van der Waals surface area contributed by atoms with Crippen molar-refractivity contribution in [2.45, 2.75) is 19.8 Å². The maximum Gasteiger partial charge on any atom is 0.172 e. The molecule has 2 aromatic rings. The molecule has 2 rings (SSSR count). The van der Waals surface area contributed by atoms with Gasteiger partial charge >= 0.3 is 0 Å². The van der Waals surface area contributed by atoms with Crippen LogP contribution in [-0.4, -0.2) is 14.2 Å². The first-order chi connectivity index (χ1) is 10.6. The third-order valence-electron chi connectivity index (χ3n) is 3.51. The molecule has 0 aliphatic carbocycles. The van der Waals surface area contributed by atoms with E-state index in [0.29, 0.717) is 11.3 Å². The molecule has 2 nitrogen and oxygen atoms in total. The topological polar surface area (TPSA) is 18.5 Å². The summed E-state index contributed by atoms with van der Waals surface area (Å²) < 4.78 is 25.4. The zero-order chi connectivity index (χ0) is 16.1. The predicted octanol–water partition coefficient (Wildman–Crippen LogP) is 5.14. The van der Waals surface area contributed by atoms with Crippen LogP contribution in [0.1, 0.15) is 36.5 Å². The van der Waals surface area contributed by atoms with E-state index in [1.54, 1.807) is 19.3 Å². The summed E-state index contributed by atoms with van der Waals surface area (Å²) in [7, 11) is 3.07. The third kappa shape index (κ3) is 3.30. The lowest BCUT2D eigenvalue weighted by atomic mass is 9.97. The maximum atomic E-state index is 14.7. The molecule has 0 aliphatic rings. The van der Waals surface area contributed by atoms with Gasteiger partial charge in [0, 0.05) is 11.1 Å². The Labute approximate surface area is 131 Å². The van der Waals surface area contributed by atoms with E-state index in [0.717, 1.165) is 11.1 Å². The fourth-order valence-corrected chi connectivity index (χ4v) is 2.43. The highest BCUT2D eigenvalue weighted by Crippen LogP contribution is 2.39. The van der Waals surface area contributed by atoms with Crippen molar-refractivity contribution in [1.82, 2.24) is 0 Å². The quantitative estimate of drug-likeness (QED) is 0.712. The van der Waals surface area contributed by atoms with Gasteiger partial charge in [-0.15, -0.1) is 0 Å². The highest BCUT2D eigenvalue weighted by Gasteiger charge is 2.20. The van der Waals surface area contributed by atoms with E-state index in [-0.39, 0.29) is 17.5 Å². The molecular formula is C19H21FO2. The van der Waals surface area contributed by atoms with Crippen molar-refractivity contribution < 1.29 is 13.9 Å². The van der Waals surface area contributed by atoms with Gasteiger partial charge in [0.1, 0.15) is 5.75 Å². The molecule has 0 atom stereocenters. The van der Waals surface area contributed by atoms with Crippen LogP contribution in [-0.2, 0) is 0 Å². The van der Waals surface area contributed by atoms with Gasteiger partial charge in [0.05, 0.1) is 14.2 Å². The number of ether oxygens (including phenoxy) is 2. The van der Waals surface area contributed by atoms with E-state index >= 15 is 0 Å². The lowest BCUT2D eigenvalue weighted by Crippen LogP contribution is -2.03. The number of rotatable bonds is 5. The summed E-state index contributed by atoms with van der Waals surface area (Å²) in [6.45, 7) is 3.97. The van der Waals surface area contributed by atoms with E-state index in [1.807, 2.05) is 50.3 Å². The van der Waals surface area contributed by atoms with Gasteiger partial charge in [-0.3, -0.25) is 0 Å². The van der Waals surface area contributed by atoms with Crippen molar-refractivity contribution in [1.29, 1.82) is 0 Å². The minimum atomic E-state index is -0.362. The zero-order valence-electron chi connectivity index (χ0n) is 13.4. The number of hydrogen-bond acceptors (Lipinski definition) is 2. The van der Waals surface area contributed by atoms with Gasteiger partial charge in [-0.05, 0) is 17.5 Å². The molecule has 0 radical (unpaired) electrons. The Morgan fingerprint density at radius 3 is 2.23 bits per heavy atom. The van der Waals surface area contributed by atoms with Gasteiger partial charge in [-0.2, -0.15) is 0 Å². The van der Waals surface area contributed by atoms with E-state index < -0.39 is 0 Å². The Kier molecular flexibility index (Phi) is 5.21. The highest BCUT2D eigenvalue weighted by atomic mass is 19.1. The summed E-state index contributed by atoms with van der Waals surface area (Å²) in [6.07, 6.45) is 3.60. The van der Waals surface area contributed by atoms with Gasteiger partial charge in [-0.25, -0.2) is 4.39 Å². The lowest BCUT2D eigenvalue weighted by Gasteiger charge is -2.18. The molecule has 0 heterocycles. The highest BCUT2D eigenvalue weighted by molar-refractivity contribution is 5.72. The molecule has 3 heteroatoms. The van der Waals surface area contributed by atoms with Crippen LogP contribution in [0.25, 0.3) is 12.2 Å². The minimum absolute atomic E-state index is 0.103. The van der Waals surface area contributed by atoms with Crippen molar-refractivity contribution in [3.05, 3.63) is 58.9 Å². The number of methoxy groups -OCH3 is 2. The maximum absolute atomic E-state index is 14.7. The van der Waals surface area contributed by atoms with Gasteiger partial charge in [0.25, 0.3) is 0 Å². The summed E-state index contributed by atoms with van der Waals surface area (Å²) in [6, 6.07) is 11.5. The molecule has 2 aromatic carbocycles. The van der Waals surface area contributed by atoms with Crippen LogP contribution in [0, 0.1) is 5.82 Å². The number of hydrogen-bond donors (Lipinski definition) is 0. The standard InChI is InChI=1S/C19H21FO2/c1-13(2)17-16(21-3)12-15(18(20)19(17)22-4)11-10-14-8-6-5-7-9-14/h5-13H,1-4H3/b11-10+. The van der Waals surface area contributed by atoms with Gasteiger partial charge in [-0.1, -0.05) is 56.3 Å². The molecule has 0 spiro atoms. The van der Waals surface area contributed by atoms with E-state index in [1.165, 1.54) is 7.11 Å². The Morgan fingerprint density at radius 1 is 1.00 bits per heavy atom. The second-order valence-corrected chi connectivity index (χ2v) is 5.33. The minimum Gasteiger partial charge on any atom is -0.496 e. The van der Waals surface area contributed by atoms with Crippen LogP contribution in [0.5, 0.6) is 11.5 Å². The lowest BCUT2D eigenvalue weighted by molar-refractivity contribution is 0.362. The molecule has 0 saturated carbocycles. The molecule has 0 bridgehead atoms. The summed E-state index contributed by atoms with van der Waals surface area (Å²) in [5.41, 5.74) is 2.20. The largest absolute Gasteiger partial charge is 0.496 e. The van der Waals surface area contributed by atoms with Gasteiger partial charge in [0.2, 0.25) is 0 Å². The van der Waals surface area contributed by atoms with Gasteiger partial charge < -0.3 is 9.47 Å². The summed E-state index contributed by atoms with van der Waals surface area (Å²) in [5, 5.41) is 0. The van der Waals surface area contributed by atoms with Crippen LogP contribution >= 0.6 is 0 Å². The van der Waals surface area contributed by atoms with E-state index in [9.17, 15) is 4.39 Å². The number of halogens is 1. The molecule has 0 saturated heterocycles. The Bertz CT molecular complexity index is 661. The molecule has 0 fully saturated rings. The molecule has 116 valence electrons. The Morgan fingerprint density at radius 2 is 1.68 bits per heavy atom. The van der Waals surface area contributed by atoms with Gasteiger partial charge in [0.15, 0.2) is 11.6 Å². The molecule has 0 amide bonds. The van der Waals surface area contributed by atoms with Crippen LogP contribution in [0.4, 0.5) is 4.39 Å². The molecular weight excluding hydrogens is 279 g/mol. The van der Waals surface area contributed by atoms with Crippen LogP contribution in [0.15, 0.2) is 36.4 Å². The average Bonchev–Trinajstić information content (AvgIpc) is 2.53. The molecule has 0 aromatic heterocycles. The summed E-state index contributed by atoms with van der Waals surface area (Å²) in [4.78, 5) is 0. The second-order valence-electron chi connectivity index (χ2n) is 5.33. The molecule has 22 heavy (non-hydrogen) atoms. The van der Waals surface area contributed by atoms with Crippen LogP contribution in [0.3, 0.4) is 0 Å². The number of benzene rings is 2. The van der Waals surface area contributed by atoms with Crippen molar-refractivity contribution in [2.75, 3.05) is 14.2 Å². The molecule has 0 N–H and O–H groups in total. The fraction of sp³-hybridized carbons (Fsp3) is 0.263. The summed E-state index contributed by atoms with van der Waals surface area (Å²) in [5.74, 6) is 0.633. The predicted molar refractivity (Wildman–Crippen MR) is 89.0 cm³/mol. The molecule has 0 aliphatic heterocycles. The monoisotopic (exact) mass is 300 g/mol. The van der Waals surface area contributed by atoms with Crippen LogP contribution in [0.2, 0.25) is 0 Å². The van der Waals surface area contributed by atoms with E-state index in [2.05, 4.69) is 0 Å². The van der Waals surface area contributed by atoms with Crippen molar-refractivity contribution in [3.8, 4) is 11.5 Å². The Hall–Kier alpha value is -2.29. The Balaban J connectivity index is 2.51. The SMILES string of the molecule is COc1cc(/C=C/c2ccccc2)c(F)c(OC)c1C(C)C. The van der Waals surface area contributed by atoms with Crippen molar-refractivity contribution in [3.63, 3.8) is 0 Å². The molecule has 0 unspecified atom stereocenters. The zero-order valence-corrected chi connectivity index (χ0v) is 13.4. The fourth-order valence-electron chi connectivity index (χ4n) is 2.43. The first kappa shape index (κ1) is 16.1. The van der Waals surface area contributed by atoms with Crippen molar-refractivity contribution in [2.24, 2.45) is 0 Å². The van der Waals surface area contributed by atoms with Crippen LogP contribution < -0.4 is 9.47 Å².